The van der Waals surface area contributed by atoms with E-state index in [0.29, 0.717) is 0 Å². The summed E-state index contributed by atoms with van der Waals surface area (Å²) in [4.78, 5) is 9.85. The van der Waals surface area contributed by atoms with Crippen LogP contribution in [0.25, 0.3) is 0 Å². The Kier molecular flexibility index (Phi) is 10.3. The number of ketones is 1. The van der Waals surface area contributed by atoms with Gasteiger partial charge in [-0.2, -0.15) is 0 Å². The van der Waals surface area contributed by atoms with E-state index in [1.807, 2.05) is 0 Å². The molecule has 0 aromatic rings. The molecule has 0 bridgehead atoms. The van der Waals surface area contributed by atoms with Crippen LogP contribution in [0.3, 0.4) is 0 Å². The second-order valence-corrected chi connectivity index (χ2v) is 1.09. The molecule has 0 saturated heterocycles. The van der Waals surface area contributed by atoms with Crippen LogP contribution in [0.5, 0.6) is 0 Å². The van der Waals surface area contributed by atoms with Crippen LogP contribution in [0.15, 0.2) is 0 Å². The zero-order valence-corrected chi connectivity index (χ0v) is 7.06. The molecule has 0 spiro atoms. The largest absolute Gasteiger partial charge is 0.565 e. The van der Waals surface area contributed by atoms with E-state index >= 15 is 0 Å². The second kappa shape index (κ2) is 6.73. The Labute approximate surface area is 68.2 Å². The van der Waals surface area contributed by atoms with Crippen molar-refractivity contribution in [2.45, 2.75) is 13.3 Å². The van der Waals surface area contributed by atoms with E-state index in [9.17, 15) is 4.79 Å². The molecule has 0 unspecified atom stereocenters. The molecule has 1 radical (unpaired) electrons. The second-order valence-electron chi connectivity index (χ2n) is 1.09. The summed E-state index contributed by atoms with van der Waals surface area (Å²) in [6.07, 6.45) is 0.167. The van der Waals surface area contributed by atoms with Crippen LogP contribution in [-0.4, -0.2) is 10.9 Å². The molecule has 0 heterocycles. The van der Waals surface area contributed by atoms with Gasteiger partial charge in [0.25, 0.3) is 0 Å². The van der Waals surface area contributed by atoms with Gasteiger partial charge in [-0.3, -0.25) is 0 Å². The zero-order valence-electron chi connectivity index (χ0n) is 4.22. The first-order valence-corrected chi connectivity index (χ1v) is 1.72. The Balaban J connectivity index is 0. The SMILES string of the molecule is CC(=O)C[CH-]O.[Y]. The molecule has 3 heteroatoms. The molecule has 0 aromatic carbocycles. The molecule has 0 saturated carbocycles. The fourth-order valence-corrected chi connectivity index (χ4v) is 0.129. The number of Topliss-reactive ketones (excluding diaryl/α,β-unsaturated/α-hetero) is 1. The van der Waals surface area contributed by atoms with Crippen LogP contribution in [-0.2, 0) is 37.5 Å². The Morgan fingerprint density at radius 1 is 1.86 bits per heavy atom. The van der Waals surface area contributed by atoms with Crippen molar-refractivity contribution in [3.63, 3.8) is 0 Å². The minimum atomic E-state index is -0.0162. The van der Waals surface area contributed by atoms with Gasteiger partial charge in [-0.1, -0.05) is 6.42 Å². The third-order valence-corrected chi connectivity index (χ3v) is 0.379. The van der Waals surface area contributed by atoms with Gasteiger partial charge in [0, 0.05) is 32.7 Å². The molecule has 0 rings (SSSR count). The molecule has 0 aliphatic rings. The number of rotatable bonds is 2. The van der Waals surface area contributed by atoms with Gasteiger partial charge in [-0.05, 0) is 6.92 Å². The van der Waals surface area contributed by atoms with Crippen LogP contribution in [0.2, 0.25) is 0 Å². The van der Waals surface area contributed by atoms with Crippen molar-refractivity contribution in [3.05, 3.63) is 6.61 Å². The standard InChI is InChI=1S/C4H7O2.Y/c1-4(6)2-3-5;/h3,5H,2H2,1H3;/q-1;. The summed E-state index contributed by atoms with van der Waals surface area (Å²) >= 11 is 0. The van der Waals surface area contributed by atoms with Crippen molar-refractivity contribution >= 4 is 5.78 Å². The van der Waals surface area contributed by atoms with Gasteiger partial charge in [0.05, 0.1) is 0 Å². The predicted octanol–water partition coefficient (Wildman–Crippen LogP) is 0.497. The van der Waals surface area contributed by atoms with Crippen molar-refractivity contribution in [2.75, 3.05) is 0 Å². The van der Waals surface area contributed by atoms with E-state index < -0.39 is 0 Å². The third-order valence-electron chi connectivity index (χ3n) is 0.379. The van der Waals surface area contributed by atoms with E-state index in [-0.39, 0.29) is 44.9 Å². The molecule has 0 aromatic heterocycles. The van der Waals surface area contributed by atoms with Crippen LogP contribution in [0.1, 0.15) is 13.3 Å². The van der Waals surface area contributed by atoms with E-state index in [2.05, 4.69) is 0 Å². The molecule has 39 valence electrons. The Morgan fingerprint density at radius 2 is 2.29 bits per heavy atom. The molecule has 0 atom stereocenters. The molecule has 0 fully saturated rings. The van der Waals surface area contributed by atoms with Gasteiger partial charge in [0.1, 0.15) is 5.78 Å². The summed E-state index contributed by atoms with van der Waals surface area (Å²) in [6, 6.07) is 0. The fraction of sp³-hybridized carbons (Fsp3) is 0.500. The molecular weight excluding hydrogens is 169 g/mol. The summed E-state index contributed by atoms with van der Waals surface area (Å²) in [5, 5.41) is 7.89. The average Bonchev–Trinajstić information content (AvgIpc) is 1.35. The van der Waals surface area contributed by atoms with Gasteiger partial charge in [0.15, 0.2) is 0 Å². The smallest absolute Gasteiger partial charge is 0.102 e. The summed E-state index contributed by atoms with van der Waals surface area (Å²) in [7, 11) is 0. The van der Waals surface area contributed by atoms with Crippen molar-refractivity contribution in [2.24, 2.45) is 0 Å². The van der Waals surface area contributed by atoms with Gasteiger partial charge in [-0.25, -0.2) is 6.61 Å². The summed E-state index contributed by atoms with van der Waals surface area (Å²) < 4.78 is 0. The van der Waals surface area contributed by atoms with Crippen molar-refractivity contribution in [1.82, 2.24) is 0 Å². The van der Waals surface area contributed by atoms with Gasteiger partial charge < -0.3 is 9.90 Å². The normalized spacial score (nSPS) is 7.14. The molecule has 0 aliphatic carbocycles. The summed E-state index contributed by atoms with van der Waals surface area (Å²) in [5.41, 5.74) is 0. The quantitative estimate of drug-likeness (QED) is 0.622. The molecular formula is C4H7O2Y-. The number of carbonyl (C=O) groups is 1. The van der Waals surface area contributed by atoms with Gasteiger partial charge in [-0.15, -0.1) is 0 Å². The first-order valence-electron chi connectivity index (χ1n) is 1.72. The minimum absolute atomic E-state index is 0. The topological polar surface area (TPSA) is 37.3 Å². The minimum Gasteiger partial charge on any atom is -0.565 e. The number of carbonyl (C=O) groups excluding carboxylic acids is 1. The maximum absolute atomic E-state index is 9.85. The summed E-state index contributed by atoms with van der Waals surface area (Å²) in [6.45, 7) is 2.27. The Hall–Kier alpha value is 0.734. The molecule has 1 N–H and O–H groups in total. The maximum atomic E-state index is 9.85. The van der Waals surface area contributed by atoms with E-state index in [1.54, 1.807) is 0 Å². The van der Waals surface area contributed by atoms with Crippen LogP contribution >= 0.6 is 0 Å². The molecule has 0 aliphatic heterocycles. The van der Waals surface area contributed by atoms with Gasteiger partial charge in [0.2, 0.25) is 0 Å². The fourth-order valence-electron chi connectivity index (χ4n) is 0.129. The predicted molar refractivity (Wildman–Crippen MR) is 21.5 cm³/mol. The number of hydrogen-bond acceptors (Lipinski definition) is 2. The van der Waals surface area contributed by atoms with Gasteiger partial charge >= 0.3 is 0 Å². The van der Waals surface area contributed by atoms with Crippen molar-refractivity contribution in [1.29, 1.82) is 0 Å². The average molecular weight is 176 g/mol. The molecule has 2 nitrogen and oxygen atoms in total. The van der Waals surface area contributed by atoms with E-state index in [4.69, 9.17) is 5.11 Å². The monoisotopic (exact) mass is 176 g/mol. The number of aliphatic hydroxyl groups is 1. The maximum Gasteiger partial charge on any atom is 0.102 e. The van der Waals surface area contributed by atoms with Crippen LogP contribution in [0.4, 0.5) is 0 Å². The summed E-state index contributed by atoms with van der Waals surface area (Å²) in [5.74, 6) is -0.0162. The number of hydrogen-bond donors (Lipinski definition) is 1. The van der Waals surface area contributed by atoms with E-state index in [0.717, 1.165) is 6.61 Å². The molecule has 0 amide bonds. The Bertz CT molecular complexity index is 53.7. The Morgan fingerprint density at radius 3 is 2.29 bits per heavy atom. The third kappa shape index (κ3) is 10.8. The van der Waals surface area contributed by atoms with E-state index in [1.165, 1.54) is 6.92 Å². The molecule has 7 heavy (non-hydrogen) atoms. The first kappa shape index (κ1) is 10.7. The first-order chi connectivity index (χ1) is 2.77. The van der Waals surface area contributed by atoms with Crippen molar-refractivity contribution < 1.29 is 42.6 Å². The zero-order chi connectivity index (χ0) is 4.99. The van der Waals surface area contributed by atoms with Crippen molar-refractivity contribution in [3.8, 4) is 0 Å². The van der Waals surface area contributed by atoms with Crippen LogP contribution < -0.4 is 0 Å². The number of aliphatic hydroxyl groups excluding tert-OH is 1. The van der Waals surface area contributed by atoms with Crippen LogP contribution in [0, 0.1) is 6.61 Å².